The lowest BCUT2D eigenvalue weighted by Gasteiger charge is -2.31. The first-order valence-electron chi connectivity index (χ1n) is 12.8. The van der Waals surface area contributed by atoms with Gasteiger partial charge in [-0.05, 0) is 49.9 Å². The smallest absolute Gasteiger partial charge is 0.227 e. The number of ether oxygens (including phenoxy) is 2. The largest absolute Gasteiger partial charge is 0.437 e. The summed E-state index contributed by atoms with van der Waals surface area (Å²) in [5.41, 5.74) is 2.84. The van der Waals surface area contributed by atoms with Crippen molar-refractivity contribution in [2.75, 3.05) is 45.9 Å². The predicted octanol–water partition coefficient (Wildman–Crippen LogP) is 4.53. The van der Waals surface area contributed by atoms with Gasteiger partial charge in [0, 0.05) is 39.3 Å². The Morgan fingerprint density at radius 1 is 1.11 bits per heavy atom. The lowest BCUT2D eigenvalue weighted by atomic mass is 10.2. The minimum atomic E-state index is -0.431. The van der Waals surface area contributed by atoms with Crippen LogP contribution in [-0.2, 0) is 11.3 Å². The maximum Gasteiger partial charge on any atom is 0.227 e. The van der Waals surface area contributed by atoms with Gasteiger partial charge in [-0.25, -0.2) is 4.68 Å². The Morgan fingerprint density at radius 2 is 1.83 bits per heavy atom. The molecule has 0 unspecified atom stereocenters. The molecule has 0 amide bonds. The molecule has 0 bridgehead atoms. The summed E-state index contributed by atoms with van der Waals surface area (Å²) >= 11 is 6.46. The monoisotopic (exact) mass is 510 g/mol. The van der Waals surface area contributed by atoms with Crippen LogP contribution in [0.25, 0.3) is 5.69 Å². The Hall–Kier alpha value is -2.42. The van der Waals surface area contributed by atoms with Gasteiger partial charge in [-0.15, -0.1) is 0 Å². The van der Waals surface area contributed by atoms with E-state index < -0.39 is 6.10 Å². The lowest BCUT2D eigenvalue weighted by molar-refractivity contribution is 0.00585. The van der Waals surface area contributed by atoms with Crippen LogP contribution in [0.5, 0.6) is 11.6 Å². The highest BCUT2D eigenvalue weighted by Crippen LogP contribution is 2.36. The molecule has 1 N–H and O–H groups in total. The first-order valence-corrected chi connectivity index (χ1v) is 13.2. The second kappa shape index (κ2) is 11.8. The molecule has 1 atom stereocenters. The fraction of sp³-hybridized carbons (Fsp3) is 0.464. The molecule has 2 fully saturated rings. The van der Waals surface area contributed by atoms with Crippen molar-refractivity contribution in [1.29, 1.82) is 0 Å². The minimum absolute atomic E-state index is 0.431. The number of para-hydroxylation sites is 2. The fourth-order valence-corrected chi connectivity index (χ4v) is 4.91. The van der Waals surface area contributed by atoms with Crippen LogP contribution in [-0.4, -0.2) is 76.7 Å². The van der Waals surface area contributed by atoms with E-state index in [-0.39, 0.29) is 0 Å². The third-order valence-corrected chi connectivity index (χ3v) is 7.13. The number of halogens is 1. The number of β-amino-alcohol motifs (C(OH)–C–C–N with tert-alkyl or cyclic N) is 1. The van der Waals surface area contributed by atoms with E-state index in [1.165, 1.54) is 12.8 Å². The van der Waals surface area contributed by atoms with E-state index in [0.29, 0.717) is 42.2 Å². The Balaban J connectivity index is 1.41. The Kier molecular flexibility index (Phi) is 8.24. The molecular formula is C28H35ClN4O3. The number of aliphatic hydroxyl groups is 1. The van der Waals surface area contributed by atoms with Gasteiger partial charge in [-0.1, -0.05) is 41.9 Å². The third-order valence-electron chi connectivity index (χ3n) is 6.82. The van der Waals surface area contributed by atoms with Crippen LogP contribution in [0.3, 0.4) is 0 Å². The van der Waals surface area contributed by atoms with Crippen LogP contribution in [0, 0.1) is 12.8 Å². The molecule has 8 heteroatoms. The third kappa shape index (κ3) is 6.47. The number of aromatic nitrogens is 2. The van der Waals surface area contributed by atoms with Gasteiger partial charge in [-0.3, -0.25) is 9.80 Å². The molecule has 1 saturated carbocycles. The second-order valence-corrected chi connectivity index (χ2v) is 10.3. The van der Waals surface area contributed by atoms with Crippen LogP contribution < -0.4 is 4.74 Å². The van der Waals surface area contributed by atoms with Crippen molar-refractivity contribution in [3.05, 3.63) is 70.9 Å². The van der Waals surface area contributed by atoms with Crippen LogP contribution >= 0.6 is 11.6 Å². The van der Waals surface area contributed by atoms with E-state index in [2.05, 4.69) is 9.80 Å². The molecule has 2 aliphatic rings. The number of morpholine rings is 1. The van der Waals surface area contributed by atoms with E-state index >= 15 is 0 Å². The number of aliphatic hydroxyl groups excluding tert-OH is 1. The molecule has 0 spiro atoms. The quantitative estimate of drug-likeness (QED) is 0.409. The number of rotatable bonds is 11. The molecule has 7 nitrogen and oxygen atoms in total. The summed E-state index contributed by atoms with van der Waals surface area (Å²) in [4.78, 5) is 4.65. The highest BCUT2D eigenvalue weighted by Gasteiger charge is 2.29. The zero-order valence-corrected chi connectivity index (χ0v) is 21.6. The highest BCUT2D eigenvalue weighted by molar-refractivity contribution is 6.32. The van der Waals surface area contributed by atoms with Crippen molar-refractivity contribution in [3.63, 3.8) is 0 Å². The van der Waals surface area contributed by atoms with Crippen molar-refractivity contribution in [2.24, 2.45) is 5.92 Å². The molecule has 3 aromatic rings. The van der Waals surface area contributed by atoms with Crippen molar-refractivity contribution < 1.29 is 14.6 Å². The van der Waals surface area contributed by atoms with E-state index in [4.69, 9.17) is 26.2 Å². The number of nitrogens with zero attached hydrogens (tertiary/aromatic N) is 4. The summed E-state index contributed by atoms with van der Waals surface area (Å²) in [6.07, 6.45) is 2.07. The van der Waals surface area contributed by atoms with Gasteiger partial charge in [0.2, 0.25) is 5.88 Å². The van der Waals surface area contributed by atoms with Gasteiger partial charge in [0.05, 0.1) is 41.3 Å². The average molecular weight is 511 g/mol. The van der Waals surface area contributed by atoms with Crippen LogP contribution in [0.4, 0.5) is 0 Å². The molecule has 1 aliphatic heterocycles. The molecular weight excluding hydrogens is 476 g/mol. The molecule has 2 heterocycles. The first-order chi connectivity index (χ1) is 17.6. The molecule has 1 saturated heterocycles. The van der Waals surface area contributed by atoms with Crippen LogP contribution in [0.1, 0.15) is 24.1 Å². The zero-order valence-electron chi connectivity index (χ0n) is 20.9. The molecule has 36 heavy (non-hydrogen) atoms. The van der Waals surface area contributed by atoms with Gasteiger partial charge < -0.3 is 14.6 Å². The van der Waals surface area contributed by atoms with Crippen molar-refractivity contribution in [1.82, 2.24) is 19.6 Å². The zero-order chi connectivity index (χ0) is 24.9. The van der Waals surface area contributed by atoms with Crippen LogP contribution in [0.2, 0.25) is 5.02 Å². The van der Waals surface area contributed by atoms with Crippen molar-refractivity contribution in [3.8, 4) is 17.3 Å². The topological polar surface area (TPSA) is 63.0 Å². The number of benzene rings is 2. The number of aryl methyl sites for hydroxylation is 1. The summed E-state index contributed by atoms with van der Waals surface area (Å²) < 4.78 is 13.8. The fourth-order valence-electron chi connectivity index (χ4n) is 4.73. The van der Waals surface area contributed by atoms with Crippen molar-refractivity contribution in [2.45, 2.75) is 32.4 Å². The molecule has 2 aromatic carbocycles. The number of hydrogen-bond donors (Lipinski definition) is 1. The highest BCUT2D eigenvalue weighted by atomic mass is 35.5. The molecule has 192 valence electrons. The van der Waals surface area contributed by atoms with E-state index in [1.54, 1.807) is 0 Å². The lowest BCUT2D eigenvalue weighted by Crippen LogP contribution is -2.44. The van der Waals surface area contributed by atoms with Gasteiger partial charge in [-0.2, -0.15) is 5.10 Å². The summed E-state index contributed by atoms with van der Waals surface area (Å²) in [6, 6.07) is 17.5. The minimum Gasteiger partial charge on any atom is -0.437 e. The Morgan fingerprint density at radius 3 is 2.56 bits per heavy atom. The summed E-state index contributed by atoms with van der Waals surface area (Å²) in [5, 5.41) is 16.4. The SMILES string of the molecule is Cc1nn(-c2ccccc2)c(Oc2ccccc2Cl)c1CN(CC1CC1)C[C@H](O)CN1CCOCC1. The Labute approximate surface area is 218 Å². The van der Waals surface area contributed by atoms with E-state index in [0.717, 1.165) is 49.8 Å². The summed E-state index contributed by atoms with van der Waals surface area (Å²) in [6.45, 7) is 8.12. The maximum absolute atomic E-state index is 11.0. The second-order valence-electron chi connectivity index (χ2n) is 9.85. The molecule has 1 aromatic heterocycles. The van der Waals surface area contributed by atoms with Crippen LogP contribution in [0.15, 0.2) is 54.6 Å². The van der Waals surface area contributed by atoms with Gasteiger partial charge in [0.1, 0.15) is 5.75 Å². The predicted molar refractivity (Wildman–Crippen MR) is 141 cm³/mol. The Bertz CT molecular complexity index is 1130. The average Bonchev–Trinajstić information content (AvgIpc) is 3.65. The maximum atomic E-state index is 11.0. The normalized spacial score (nSPS) is 17.4. The summed E-state index contributed by atoms with van der Waals surface area (Å²) in [7, 11) is 0. The first kappa shape index (κ1) is 25.2. The van der Waals surface area contributed by atoms with E-state index in [9.17, 15) is 5.11 Å². The summed E-state index contributed by atoms with van der Waals surface area (Å²) in [5.74, 6) is 1.95. The number of hydrogen-bond acceptors (Lipinski definition) is 6. The van der Waals surface area contributed by atoms with Gasteiger partial charge in [0.15, 0.2) is 0 Å². The molecule has 0 radical (unpaired) electrons. The molecule has 5 rings (SSSR count). The van der Waals surface area contributed by atoms with E-state index in [1.807, 2.05) is 66.2 Å². The standard InChI is InChI=1S/C28H35ClN4O3/c1-21-25(20-32(17-22-11-12-22)19-24(34)18-31-13-15-35-16-14-31)28(36-27-10-6-5-9-26(27)29)33(30-21)23-7-3-2-4-8-23/h2-10,22,24,34H,11-20H2,1H3/t24-/m1/s1. The van der Waals surface area contributed by atoms with Crippen molar-refractivity contribution >= 4 is 11.6 Å². The van der Waals surface area contributed by atoms with Gasteiger partial charge in [0.25, 0.3) is 0 Å². The van der Waals surface area contributed by atoms with Gasteiger partial charge >= 0.3 is 0 Å². The molecule has 1 aliphatic carbocycles.